The Morgan fingerprint density at radius 2 is 2.14 bits per heavy atom. The largest absolute Gasteiger partial charge is 0.349 e. The van der Waals surface area contributed by atoms with E-state index in [9.17, 15) is 4.79 Å². The Kier molecular flexibility index (Phi) is 4.58. The van der Waals surface area contributed by atoms with Gasteiger partial charge in [0.15, 0.2) is 0 Å². The van der Waals surface area contributed by atoms with Crippen LogP contribution < -0.4 is 5.32 Å². The molecule has 1 amide bonds. The number of nitrogens with one attached hydrogen (secondary N) is 1. The number of carbonyl (C=O) groups is 1. The number of hydrogen-bond donors (Lipinski definition) is 1. The fourth-order valence-electron chi connectivity index (χ4n) is 2.40. The van der Waals surface area contributed by atoms with Crippen molar-refractivity contribution < 1.29 is 4.79 Å². The first-order chi connectivity index (χ1) is 10.0. The zero-order valence-electron chi connectivity index (χ0n) is 12.8. The van der Waals surface area contributed by atoms with Gasteiger partial charge in [0.25, 0.3) is 0 Å². The summed E-state index contributed by atoms with van der Waals surface area (Å²) in [5.74, 6) is -0.0273. The van der Waals surface area contributed by atoms with Gasteiger partial charge in [0.1, 0.15) is 0 Å². The lowest BCUT2D eigenvalue weighted by Gasteiger charge is -2.14. The number of rotatable bonds is 5. The lowest BCUT2D eigenvalue weighted by atomic mass is 10.1. The maximum Gasteiger partial charge on any atom is 0.224 e. The minimum absolute atomic E-state index is 0.0273. The summed E-state index contributed by atoms with van der Waals surface area (Å²) in [7, 11) is 0. The van der Waals surface area contributed by atoms with Gasteiger partial charge < -0.3 is 5.32 Å². The third-order valence-electron chi connectivity index (χ3n) is 3.57. The molecule has 0 saturated heterocycles. The van der Waals surface area contributed by atoms with Crippen LogP contribution in [0.25, 0.3) is 5.69 Å². The van der Waals surface area contributed by atoms with Crippen LogP contribution in [0.4, 0.5) is 0 Å². The van der Waals surface area contributed by atoms with Gasteiger partial charge in [0.2, 0.25) is 5.91 Å². The van der Waals surface area contributed by atoms with E-state index in [1.807, 2.05) is 42.9 Å². The fraction of sp³-hybridized carbons (Fsp3) is 0.294. The van der Waals surface area contributed by atoms with E-state index in [-0.39, 0.29) is 11.9 Å². The quantitative estimate of drug-likeness (QED) is 0.856. The van der Waals surface area contributed by atoms with Crippen LogP contribution in [0.1, 0.15) is 36.2 Å². The SMILES string of the molecule is C=CCC(=O)N[C@@H](C)c1cnn(-c2ccccc2C)c1C. The second-order valence-corrected chi connectivity index (χ2v) is 5.17. The second kappa shape index (κ2) is 6.39. The van der Waals surface area contributed by atoms with Crippen LogP contribution >= 0.6 is 0 Å². The first kappa shape index (κ1) is 15.0. The topological polar surface area (TPSA) is 46.9 Å². The molecule has 110 valence electrons. The molecule has 0 spiro atoms. The molecular formula is C17H21N3O. The molecule has 1 aromatic carbocycles. The molecule has 0 fully saturated rings. The van der Waals surface area contributed by atoms with E-state index in [0.717, 1.165) is 16.9 Å². The highest BCUT2D eigenvalue weighted by atomic mass is 16.1. The lowest BCUT2D eigenvalue weighted by molar-refractivity contribution is -0.120. The van der Waals surface area contributed by atoms with Gasteiger partial charge in [-0.3, -0.25) is 4.79 Å². The zero-order valence-corrected chi connectivity index (χ0v) is 12.8. The second-order valence-electron chi connectivity index (χ2n) is 5.17. The predicted octanol–water partition coefficient (Wildman–Crippen LogP) is 3.24. The molecule has 1 aromatic heterocycles. The summed E-state index contributed by atoms with van der Waals surface area (Å²) in [4.78, 5) is 11.7. The van der Waals surface area contributed by atoms with Gasteiger partial charge in [-0.15, -0.1) is 6.58 Å². The highest BCUT2D eigenvalue weighted by Gasteiger charge is 2.16. The van der Waals surface area contributed by atoms with E-state index in [1.54, 1.807) is 6.08 Å². The molecule has 1 N–H and O–H groups in total. The molecule has 2 rings (SSSR count). The van der Waals surface area contributed by atoms with E-state index >= 15 is 0 Å². The van der Waals surface area contributed by atoms with Crippen molar-refractivity contribution in [1.82, 2.24) is 15.1 Å². The first-order valence-electron chi connectivity index (χ1n) is 7.05. The molecule has 0 bridgehead atoms. The fourth-order valence-corrected chi connectivity index (χ4v) is 2.40. The van der Waals surface area contributed by atoms with E-state index in [1.165, 1.54) is 5.56 Å². The molecule has 1 heterocycles. The summed E-state index contributed by atoms with van der Waals surface area (Å²) in [6.45, 7) is 9.62. The van der Waals surface area contributed by atoms with Crippen molar-refractivity contribution >= 4 is 5.91 Å². The first-order valence-corrected chi connectivity index (χ1v) is 7.05. The Hall–Kier alpha value is -2.36. The van der Waals surface area contributed by atoms with Crippen LogP contribution in [0.3, 0.4) is 0 Å². The Balaban J connectivity index is 2.27. The number of nitrogens with zero attached hydrogens (tertiary/aromatic N) is 2. The van der Waals surface area contributed by atoms with Gasteiger partial charge in [0, 0.05) is 17.7 Å². The number of aryl methyl sites for hydroxylation is 1. The smallest absolute Gasteiger partial charge is 0.224 e. The molecule has 4 nitrogen and oxygen atoms in total. The molecule has 0 radical (unpaired) electrons. The van der Waals surface area contributed by atoms with Gasteiger partial charge in [-0.2, -0.15) is 5.10 Å². The molecule has 0 aliphatic carbocycles. The Morgan fingerprint density at radius 1 is 1.43 bits per heavy atom. The Bertz CT molecular complexity index is 658. The maximum atomic E-state index is 11.7. The maximum absolute atomic E-state index is 11.7. The normalized spacial score (nSPS) is 12.0. The molecule has 0 aliphatic rings. The molecule has 1 atom stereocenters. The van der Waals surface area contributed by atoms with Crippen molar-refractivity contribution in [3.8, 4) is 5.69 Å². The molecule has 21 heavy (non-hydrogen) atoms. The highest BCUT2D eigenvalue weighted by Crippen LogP contribution is 2.21. The van der Waals surface area contributed by atoms with E-state index < -0.39 is 0 Å². The van der Waals surface area contributed by atoms with Crippen LogP contribution in [0.15, 0.2) is 43.1 Å². The van der Waals surface area contributed by atoms with Crippen molar-refractivity contribution in [2.75, 3.05) is 0 Å². The number of amides is 1. The van der Waals surface area contributed by atoms with Crippen LogP contribution in [0, 0.1) is 13.8 Å². The summed E-state index contributed by atoms with van der Waals surface area (Å²) in [5.41, 5.74) is 4.29. The number of carbonyl (C=O) groups excluding carboxylic acids is 1. The van der Waals surface area contributed by atoms with Gasteiger partial charge in [-0.1, -0.05) is 24.3 Å². The third kappa shape index (κ3) is 3.21. The Morgan fingerprint density at radius 3 is 2.81 bits per heavy atom. The zero-order chi connectivity index (χ0) is 15.4. The van der Waals surface area contributed by atoms with Crippen molar-refractivity contribution in [2.45, 2.75) is 33.2 Å². The van der Waals surface area contributed by atoms with Crippen LogP contribution in [-0.4, -0.2) is 15.7 Å². The van der Waals surface area contributed by atoms with Crippen LogP contribution in [0.2, 0.25) is 0 Å². The van der Waals surface area contributed by atoms with E-state index in [2.05, 4.69) is 30.0 Å². The predicted molar refractivity (Wildman–Crippen MR) is 84.4 cm³/mol. The third-order valence-corrected chi connectivity index (χ3v) is 3.57. The van der Waals surface area contributed by atoms with Crippen molar-refractivity contribution in [2.24, 2.45) is 0 Å². The van der Waals surface area contributed by atoms with E-state index in [4.69, 9.17) is 0 Å². The number of benzene rings is 1. The summed E-state index contributed by atoms with van der Waals surface area (Å²) < 4.78 is 1.92. The van der Waals surface area contributed by atoms with Gasteiger partial charge >= 0.3 is 0 Å². The summed E-state index contributed by atoms with van der Waals surface area (Å²) >= 11 is 0. The van der Waals surface area contributed by atoms with Gasteiger partial charge in [-0.25, -0.2) is 4.68 Å². The van der Waals surface area contributed by atoms with Crippen LogP contribution in [-0.2, 0) is 4.79 Å². The molecule has 0 saturated carbocycles. The Labute approximate surface area is 125 Å². The molecular weight excluding hydrogens is 262 g/mol. The number of hydrogen-bond acceptors (Lipinski definition) is 2. The van der Waals surface area contributed by atoms with Crippen molar-refractivity contribution in [3.63, 3.8) is 0 Å². The van der Waals surface area contributed by atoms with Gasteiger partial charge in [0.05, 0.1) is 17.9 Å². The average molecular weight is 283 g/mol. The van der Waals surface area contributed by atoms with E-state index in [0.29, 0.717) is 6.42 Å². The summed E-state index contributed by atoms with van der Waals surface area (Å²) in [6, 6.07) is 8.04. The minimum atomic E-state index is -0.0739. The van der Waals surface area contributed by atoms with Gasteiger partial charge in [-0.05, 0) is 32.4 Å². The van der Waals surface area contributed by atoms with Crippen molar-refractivity contribution in [3.05, 3.63) is 59.9 Å². The summed E-state index contributed by atoms with van der Waals surface area (Å²) in [5, 5.41) is 7.42. The number of para-hydroxylation sites is 1. The van der Waals surface area contributed by atoms with Crippen LogP contribution in [0.5, 0.6) is 0 Å². The number of aromatic nitrogens is 2. The monoisotopic (exact) mass is 283 g/mol. The molecule has 0 unspecified atom stereocenters. The summed E-state index contributed by atoms with van der Waals surface area (Å²) in [6.07, 6.45) is 3.75. The average Bonchev–Trinajstić information content (AvgIpc) is 2.81. The van der Waals surface area contributed by atoms with Crippen molar-refractivity contribution in [1.29, 1.82) is 0 Å². The minimum Gasteiger partial charge on any atom is -0.349 e. The molecule has 4 heteroatoms. The standard InChI is InChI=1S/C17H21N3O/c1-5-8-17(21)19-13(3)15-11-18-20(14(15)4)16-10-7-6-9-12(16)2/h5-7,9-11,13H,1,8H2,2-4H3,(H,19,21)/t13-/m0/s1. The highest BCUT2D eigenvalue weighted by molar-refractivity contribution is 5.77. The molecule has 2 aromatic rings. The lowest BCUT2D eigenvalue weighted by Crippen LogP contribution is -2.26. The molecule has 0 aliphatic heterocycles.